The number of hydrogen-bond donors (Lipinski definition) is 1. The fourth-order valence-electron chi connectivity index (χ4n) is 1.60. The predicted molar refractivity (Wildman–Crippen MR) is 88.5 cm³/mol. The minimum Gasteiger partial charge on any atom is -0.497 e. The maximum Gasteiger partial charge on any atom is 0.332 e. The van der Waals surface area contributed by atoms with E-state index in [2.05, 4.69) is 15.5 Å². The summed E-state index contributed by atoms with van der Waals surface area (Å²) in [6.07, 6.45) is 2.69. The highest BCUT2D eigenvalue weighted by atomic mass is 32.2. The number of carbonyl (C=O) groups is 2. The summed E-state index contributed by atoms with van der Waals surface area (Å²) in [5.74, 6) is -0.213. The van der Waals surface area contributed by atoms with Gasteiger partial charge in [0.2, 0.25) is 0 Å². The zero-order valence-corrected chi connectivity index (χ0v) is 13.4. The second-order valence-electron chi connectivity index (χ2n) is 4.24. The number of esters is 1. The van der Waals surface area contributed by atoms with Gasteiger partial charge >= 0.3 is 5.97 Å². The fourth-order valence-corrected chi connectivity index (χ4v) is 2.34. The molecule has 0 radical (unpaired) electrons. The number of benzene rings is 1. The van der Waals surface area contributed by atoms with Gasteiger partial charge in [-0.15, -0.1) is 5.10 Å². The summed E-state index contributed by atoms with van der Waals surface area (Å²) in [6, 6.07) is 7.27. The van der Waals surface area contributed by atoms with Crippen LogP contribution >= 0.6 is 11.8 Å². The SMILES string of the molecule is CCOC(=O)/C=C1/S/C(=N/N=C/c2ccc(OC)cc2)NC1=O. The van der Waals surface area contributed by atoms with E-state index in [-0.39, 0.29) is 11.5 Å². The molecule has 1 heterocycles. The molecular formula is C15H15N3O4S. The first-order chi connectivity index (χ1) is 11.1. The number of hydrogen-bond acceptors (Lipinski definition) is 7. The molecule has 120 valence electrons. The minimum absolute atomic E-state index is 0.224. The molecule has 1 N–H and O–H groups in total. The van der Waals surface area contributed by atoms with Crippen LogP contribution in [0, 0.1) is 0 Å². The molecule has 0 unspecified atom stereocenters. The van der Waals surface area contributed by atoms with Gasteiger partial charge in [-0.3, -0.25) is 10.1 Å². The Morgan fingerprint density at radius 2 is 2.09 bits per heavy atom. The van der Waals surface area contributed by atoms with Crippen molar-refractivity contribution >= 4 is 35.0 Å². The summed E-state index contributed by atoms with van der Waals surface area (Å²) in [4.78, 5) is 23.2. The van der Waals surface area contributed by atoms with E-state index in [1.54, 1.807) is 32.4 Å². The van der Waals surface area contributed by atoms with Crippen molar-refractivity contribution in [2.75, 3.05) is 13.7 Å². The molecule has 1 aliphatic heterocycles. The number of amidine groups is 1. The van der Waals surface area contributed by atoms with Gasteiger partial charge in [-0.1, -0.05) is 0 Å². The standard InChI is InChI=1S/C15H15N3O4S/c1-3-22-13(19)8-12-14(20)17-15(23-12)18-16-9-10-4-6-11(21-2)7-5-10/h4-9H,3H2,1-2H3,(H,17,18,20)/b12-8+,16-9+. The van der Waals surface area contributed by atoms with Crippen molar-refractivity contribution in [1.82, 2.24) is 5.32 Å². The van der Waals surface area contributed by atoms with Gasteiger partial charge in [0, 0.05) is 6.08 Å². The summed E-state index contributed by atoms with van der Waals surface area (Å²) in [6.45, 7) is 1.95. The van der Waals surface area contributed by atoms with Crippen LogP contribution < -0.4 is 10.1 Å². The second-order valence-corrected chi connectivity index (χ2v) is 5.27. The number of thioether (sulfide) groups is 1. The Labute approximate surface area is 137 Å². The van der Waals surface area contributed by atoms with Crippen LogP contribution in [0.4, 0.5) is 0 Å². The zero-order valence-electron chi connectivity index (χ0n) is 12.6. The van der Waals surface area contributed by atoms with Crippen LogP contribution in [-0.4, -0.2) is 37.0 Å². The largest absolute Gasteiger partial charge is 0.497 e. The molecule has 1 aliphatic rings. The van der Waals surface area contributed by atoms with E-state index in [9.17, 15) is 9.59 Å². The summed E-state index contributed by atoms with van der Waals surface area (Å²) < 4.78 is 9.82. The number of methoxy groups -OCH3 is 1. The fraction of sp³-hybridized carbons (Fsp3) is 0.200. The van der Waals surface area contributed by atoms with Gasteiger partial charge in [-0.2, -0.15) is 5.10 Å². The third kappa shape index (κ3) is 4.96. The molecule has 8 heteroatoms. The summed E-state index contributed by atoms with van der Waals surface area (Å²) >= 11 is 1.03. The number of nitrogens with one attached hydrogen (secondary N) is 1. The van der Waals surface area contributed by atoms with Gasteiger partial charge in [0.1, 0.15) is 5.75 Å². The van der Waals surface area contributed by atoms with Gasteiger partial charge in [-0.25, -0.2) is 4.79 Å². The van der Waals surface area contributed by atoms with Crippen LogP contribution in [0.25, 0.3) is 0 Å². The van der Waals surface area contributed by atoms with Crippen LogP contribution in [-0.2, 0) is 14.3 Å². The first-order valence-electron chi connectivity index (χ1n) is 6.75. The molecule has 0 bridgehead atoms. The van der Waals surface area contributed by atoms with Crippen molar-refractivity contribution in [2.24, 2.45) is 10.2 Å². The van der Waals surface area contributed by atoms with Crippen LogP contribution in [0.2, 0.25) is 0 Å². The Bertz CT molecular complexity index is 680. The van der Waals surface area contributed by atoms with Crippen molar-refractivity contribution in [1.29, 1.82) is 0 Å². The van der Waals surface area contributed by atoms with Crippen molar-refractivity contribution in [3.8, 4) is 5.75 Å². The molecule has 0 spiro atoms. The molecule has 1 aromatic carbocycles. The van der Waals surface area contributed by atoms with Gasteiger partial charge in [0.15, 0.2) is 5.17 Å². The summed E-state index contributed by atoms with van der Waals surface area (Å²) in [5, 5.41) is 10.6. The Hall–Kier alpha value is -2.61. The average molecular weight is 333 g/mol. The molecule has 0 aromatic heterocycles. The molecule has 1 saturated heterocycles. The van der Waals surface area contributed by atoms with Crippen molar-refractivity contribution in [3.05, 3.63) is 40.8 Å². The number of rotatable bonds is 5. The van der Waals surface area contributed by atoms with E-state index in [0.29, 0.717) is 5.17 Å². The van der Waals surface area contributed by atoms with E-state index in [1.807, 2.05) is 12.1 Å². The molecule has 7 nitrogen and oxygen atoms in total. The number of ether oxygens (including phenoxy) is 2. The van der Waals surface area contributed by atoms with Crippen molar-refractivity contribution in [2.45, 2.75) is 6.92 Å². The van der Waals surface area contributed by atoms with Crippen LogP contribution in [0.5, 0.6) is 5.75 Å². The quantitative estimate of drug-likeness (QED) is 0.383. The van der Waals surface area contributed by atoms with Crippen molar-refractivity contribution < 1.29 is 19.1 Å². The van der Waals surface area contributed by atoms with Gasteiger partial charge in [0.05, 0.1) is 24.8 Å². The lowest BCUT2D eigenvalue weighted by atomic mass is 10.2. The van der Waals surface area contributed by atoms with Crippen LogP contribution in [0.3, 0.4) is 0 Å². The molecule has 1 fully saturated rings. The predicted octanol–water partition coefficient (Wildman–Crippen LogP) is 1.70. The first-order valence-corrected chi connectivity index (χ1v) is 7.56. The number of amides is 1. The Morgan fingerprint density at radius 3 is 2.74 bits per heavy atom. The van der Waals surface area contributed by atoms with E-state index in [1.165, 1.54) is 0 Å². The molecule has 1 amide bonds. The Balaban J connectivity index is 1.99. The Kier molecular flexibility index (Phi) is 5.93. The van der Waals surface area contributed by atoms with E-state index >= 15 is 0 Å². The van der Waals surface area contributed by atoms with E-state index in [4.69, 9.17) is 9.47 Å². The molecular weight excluding hydrogens is 318 g/mol. The number of nitrogens with zero attached hydrogens (tertiary/aromatic N) is 2. The minimum atomic E-state index is -0.562. The highest BCUT2D eigenvalue weighted by Crippen LogP contribution is 2.23. The lowest BCUT2D eigenvalue weighted by Gasteiger charge is -1.97. The van der Waals surface area contributed by atoms with Crippen molar-refractivity contribution in [3.63, 3.8) is 0 Å². The normalized spacial score (nSPS) is 17.7. The van der Waals surface area contributed by atoms with Gasteiger partial charge in [0.25, 0.3) is 5.91 Å². The van der Waals surface area contributed by atoms with Gasteiger partial charge < -0.3 is 9.47 Å². The van der Waals surface area contributed by atoms with E-state index in [0.717, 1.165) is 29.2 Å². The van der Waals surface area contributed by atoms with Gasteiger partial charge in [-0.05, 0) is 48.5 Å². The molecule has 1 aromatic rings. The third-order valence-electron chi connectivity index (χ3n) is 2.66. The highest BCUT2D eigenvalue weighted by Gasteiger charge is 2.25. The van der Waals surface area contributed by atoms with Crippen LogP contribution in [0.15, 0.2) is 45.4 Å². The first kappa shape index (κ1) is 16.8. The Morgan fingerprint density at radius 1 is 1.35 bits per heavy atom. The topological polar surface area (TPSA) is 89.3 Å². The lowest BCUT2D eigenvalue weighted by molar-refractivity contribution is -0.137. The molecule has 0 aliphatic carbocycles. The lowest BCUT2D eigenvalue weighted by Crippen LogP contribution is -2.19. The molecule has 0 saturated carbocycles. The number of carbonyl (C=O) groups excluding carboxylic acids is 2. The maximum absolute atomic E-state index is 11.7. The second kappa shape index (κ2) is 8.14. The molecule has 2 rings (SSSR count). The summed E-state index contributed by atoms with van der Waals surface area (Å²) in [7, 11) is 1.59. The van der Waals surface area contributed by atoms with E-state index < -0.39 is 11.9 Å². The summed E-state index contributed by atoms with van der Waals surface area (Å²) in [5.41, 5.74) is 0.840. The molecule has 0 atom stereocenters. The third-order valence-corrected chi connectivity index (χ3v) is 3.56. The zero-order chi connectivity index (χ0) is 16.7. The monoisotopic (exact) mass is 333 g/mol. The highest BCUT2D eigenvalue weighted by molar-refractivity contribution is 8.18. The van der Waals surface area contributed by atoms with Crippen LogP contribution in [0.1, 0.15) is 12.5 Å². The maximum atomic E-state index is 11.7. The average Bonchev–Trinajstić information content (AvgIpc) is 2.88. The molecule has 23 heavy (non-hydrogen) atoms. The smallest absolute Gasteiger partial charge is 0.332 e.